The zero-order valence-corrected chi connectivity index (χ0v) is 21.1. The third-order valence-electron chi connectivity index (χ3n) is 6.32. The Kier molecular flexibility index (Phi) is 6.89. The smallest absolute Gasteiger partial charge is 0.273 e. The molecule has 2 N–H and O–H groups in total. The molecule has 2 aromatic carbocycles. The molecule has 0 unspecified atom stereocenters. The number of hydrogen-bond donors (Lipinski definition) is 2. The summed E-state index contributed by atoms with van der Waals surface area (Å²) in [6.07, 6.45) is 4.20. The van der Waals surface area contributed by atoms with Crippen LogP contribution < -0.4 is 25.0 Å². The van der Waals surface area contributed by atoms with Gasteiger partial charge in [-0.25, -0.2) is 0 Å². The Morgan fingerprint density at radius 2 is 1.70 bits per heavy atom. The number of rotatable bonds is 8. The number of hydrogen-bond acceptors (Lipinski definition) is 8. The number of aromatic nitrogens is 4. The summed E-state index contributed by atoms with van der Waals surface area (Å²) in [5.74, 6) is 1.73. The normalized spacial score (nSPS) is 12.9. The summed E-state index contributed by atoms with van der Waals surface area (Å²) in [4.78, 5) is 15.3. The minimum Gasteiger partial charge on any atom is -0.497 e. The molecule has 190 valence electrons. The van der Waals surface area contributed by atoms with Crippen molar-refractivity contribution in [1.29, 1.82) is 0 Å². The summed E-state index contributed by atoms with van der Waals surface area (Å²) >= 11 is 0. The summed E-state index contributed by atoms with van der Waals surface area (Å²) in [5, 5.41) is 19.1. The Balaban J connectivity index is 1.27. The molecule has 0 aliphatic carbocycles. The van der Waals surface area contributed by atoms with Crippen LogP contribution in [0.15, 0.2) is 60.8 Å². The number of carbonyl (C=O) groups excluding carboxylic acids is 1. The van der Waals surface area contributed by atoms with Crippen molar-refractivity contribution in [2.24, 2.45) is 7.05 Å². The largest absolute Gasteiger partial charge is 0.497 e. The number of nitrogens with one attached hydrogen (secondary N) is 2. The van der Waals surface area contributed by atoms with Crippen molar-refractivity contribution >= 4 is 28.8 Å². The topological polar surface area (TPSA) is 106 Å². The zero-order valence-electron chi connectivity index (χ0n) is 21.1. The molecule has 0 bridgehead atoms. The predicted molar refractivity (Wildman–Crippen MR) is 143 cm³/mol. The average molecular weight is 500 g/mol. The molecular weight excluding hydrogens is 470 g/mol. The van der Waals surface area contributed by atoms with Gasteiger partial charge in [-0.05, 0) is 61.4 Å². The Bertz CT molecular complexity index is 1400. The van der Waals surface area contributed by atoms with Crippen molar-refractivity contribution in [2.45, 2.75) is 12.8 Å². The molecule has 5 rings (SSSR count). The van der Waals surface area contributed by atoms with Gasteiger partial charge in [0, 0.05) is 43.1 Å². The van der Waals surface area contributed by atoms with Crippen LogP contribution in [0.3, 0.4) is 0 Å². The minimum absolute atomic E-state index is 0.270. The fraction of sp³-hybridized carbons (Fsp3) is 0.259. The Morgan fingerprint density at radius 3 is 2.43 bits per heavy atom. The van der Waals surface area contributed by atoms with Gasteiger partial charge in [0.25, 0.3) is 5.91 Å². The molecule has 2 aromatic heterocycles. The van der Waals surface area contributed by atoms with Crippen LogP contribution in [-0.4, -0.2) is 53.2 Å². The van der Waals surface area contributed by atoms with Crippen LogP contribution >= 0.6 is 0 Å². The Labute approximate surface area is 215 Å². The van der Waals surface area contributed by atoms with Crippen molar-refractivity contribution in [3.8, 4) is 22.8 Å². The van der Waals surface area contributed by atoms with Crippen molar-refractivity contribution in [3.63, 3.8) is 0 Å². The van der Waals surface area contributed by atoms with E-state index in [1.807, 2.05) is 48.5 Å². The van der Waals surface area contributed by atoms with E-state index in [0.29, 0.717) is 34.4 Å². The predicted octanol–water partition coefficient (Wildman–Crippen LogP) is 4.49. The second kappa shape index (κ2) is 10.6. The van der Waals surface area contributed by atoms with Crippen LogP contribution in [0.1, 0.15) is 23.3 Å². The van der Waals surface area contributed by atoms with E-state index in [2.05, 4.69) is 30.8 Å². The molecule has 10 nitrogen and oxygen atoms in total. The molecule has 0 radical (unpaired) electrons. The van der Waals surface area contributed by atoms with Crippen molar-refractivity contribution < 1.29 is 14.3 Å². The molecule has 0 spiro atoms. The van der Waals surface area contributed by atoms with Crippen molar-refractivity contribution in [2.75, 3.05) is 42.8 Å². The molecule has 0 saturated carbocycles. The summed E-state index contributed by atoms with van der Waals surface area (Å²) < 4.78 is 12.3. The molecule has 1 fully saturated rings. The van der Waals surface area contributed by atoms with Gasteiger partial charge < -0.3 is 25.0 Å². The number of carbonyl (C=O) groups is 1. The first-order valence-electron chi connectivity index (χ1n) is 12.1. The molecule has 3 heterocycles. The summed E-state index contributed by atoms with van der Waals surface area (Å²) in [7, 11) is 4.93. The van der Waals surface area contributed by atoms with Gasteiger partial charge in [0.1, 0.15) is 17.2 Å². The fourth-order valence-electron chi connectivity index (χ4n) is 4.37. The van der Waals surface area contributed by atoms with E-state index in [1.54, 1.807) is 38.2 Å². The average Bonchev–Trinajstić information content (AvgIpc) is 3.60. The Hall–Kier alpha value is -4.60. The number of methoxy groups -OCH3 is 2. The number of amides is 1. The first-order chi connectivity index (χ1) is 18.0. The van der Waals surface area contributed by atoms with Crippen molar-refractivity contribution in [1.82, 2.24) is 20.0 Å². The summed E-state index contributed by atoms with van der Waals surface area (Å²) in [5.41, 5.74) is 4.34. The molecule has 1 saturated heterocycles. The lowest BCUT2D eigenvalue weighted by atomic mass is 10.1. The van der Waals surface area contributed by atoms with Crippen LogP contribution in [0.4, 0.5) is 22.9 Å². The quantitative estimate of drug-likeness (QED) is 0.365. The first-order valence-corrected chi connectivity index (χ1v) is 12.1. The van der Waals surface area contributed by atoms with Gasteiger partial charge in [-0.1, -0.05) is 0 Å². The van der Waals surface area contributed by atoms with Crippen LogP contribution in [0.2, 0.25) is 0 Å². The summed E-state index contributed by atoms with van der Waals surface area (Å²) in [6.45, 7) is 2.09. The number of anilines is 4. The number of benzene rings is 2. The van der Waals surface area contributed by atoms with E-state index in [-0.39, 0.29) is 5.91 Å². The van der Waals surface area contributed by atoms with Gasteiger partial charge in [-0.15, -0.1) is 5.10 Å². The van der Waals surface area contributed by atoms with Gasteiger partial charge in [0.05, 0.1) is 31.8 Å². The van der Waals surface area contributed by atoms with Gasteiger partial charge in [0.15, 0.2) is 5.82 Å². The van der Waals surface area contributed by atoms with E-state index < -0.39 is 0 Å². The van der Waals surface area contributed by atoms with Crippen LogP contribution in [0, 0.1) is 0 Å². The molecular formula is C27H29N7O3. The van der Waals surface area contributed by atoms with E-state index in [4.69, 9.17) is 9.47 Å². The lowest BCUT2D eigenvalue weighted by Crippen LogP contribution is -2.18. The monoisotopic (exact) mass is 499 g/mol. The molecule has 0 atom stereocenters. The third kappa shape index (κ3) is 5.32. The van der Waals surface area contributed by atoms with Gasteiger partial charge in [-0.3, -0.25) is 9.48 Å². The maximum Gasteiger partial charge on any atom is 0.273 e. The SMILES string of the molecule is COc1ccc(OC)c(-c2cc(C(=O)Nc3ccc(Nc4cc(N5CCCC5)cnn4)cc3)n(C)n2)c1. The van der Waals surface area contributed by atoms with Crippen LogP contribution in [0.5, 0.6) is 11.5 Å². The summed E-state index contributed by atoms with van der Waals surface area (Å²) in [6, 6.07) is 16.6. The fourth-order valence-corrected chi connectivity index (χ4v) is 4.37. The van der Waals surface area contributed by atoms with E-state index in [9.17, 15) is 4.79 Å². The maximum atomic E-state index is 13.0. The molecule has 37 heavy (non-hydrogen) atoms. The highest BCUT2D eigenvalue weighted by Gasteiger charge is 2.18. The van der Waals surface area contributed by atoms with Gasteiger partial charge >= 0.3 is 0 Å². The highest BCUT2D eigenvalue weighted by atomic mass is 16.5. The highest BCUT2D eigenvalue weighted by molar-refractivity contribution is 6.03. The first kappa shape index (κ1) is 24.1. The van der Waals surface area contributed by atoms with Gasteiger partial charge in [-0.2, -0.15) is 10.2 Å². The molecule has 10 heteroatoms. The van der Waals surface area contributed by atoms with E-state index >= 15 is 0 Å². The maximum absolute atomic E-state index is 13.0. The standard InChI is InChI=1S/C27H29N7O3/c1-33-24(16-23(32-33)22-15-21(36-2)10-11-25(22)37-3)27(35)30-19-8-6-18(7-9-19)29-26-14-20(17-28-31-26)34-12-4-5-13-34/h6-11,14-17H,4-5,12-13H2,1-3H3,(H,29,31)(H,30,35). The zero-order chi connectivity index (χ0) is 25.8. The lowest BCUT2D eigenvalue weighted by Gasteiger charge is -2.17. The van der Waals surface area contributed by atoms with Crippen molar-refractivity contribution in [3.05, 3.63) is 66.5 Å². The molecule has 1 aliphatic rings. The molecule has 1 amide bonds. The highest BCUT2D eigenvalue weighted by Crippen LogP contribution is 2.33. The van der Waals surface area contributed by atoms with Crippen LogP contribution in [-0.2, 0) is 7.05 Å². The van der Waals surface area contributed by atoms with E-state index in [0.717, 1.165) is 30.0 Å². The van der Waals surface area contributed by atoms with Crippen LogP contribution in [0.25, 0.3) is 11.3 Å². The molecule has 4 aromatic rings. The lowest BCUT2D eigenvalue weighted by molar-refractivity contribution is 0.101. The second-order valence-corrected chi connectivity index (χ2v) is 8.75. The van der Waals surface area contributed by atoms with Gasteiger partial charge in [0.2, 0.25) is 0 Å². The molecule has 1 aliphatic heterocycles. The number of aryl methyl sites for hydroxylation is 1. The van der Waals surface area contributed by atoms with E-state index in [1.165, 1.54) is 12.8 Å². The Morgan fingerprint density at radius 1 is 0.946 bits per heavy atom. The number of ether oxygens (including phenoxy) is 2. The number of nitrogens with zero attached hydrogens (tertiary/aromatic N) is 5. The minimum atomic E-state index is -0.270. The third-order valence-corrected chi connectivity index (χ3v) is 6.32. The second-order valence-electron chi connectivity index (χ2n) is 8.75.